The van der Waals surface area contributed by atoms with Crippen LogP contribution in [0, 0.1) is 0 Å². The van der Waals surface area contributed by atoms with Crippen molar-refractivity contribution in [1.82, 2.24) is 9.80 Å². The average molecular weight is 518 g/mol. The second kappa shape index (κ2) is 10.9. The zero-order valence-corrected chi connectivity index (χ0v) is 21.9. The zero-order valence-electron chi connectivity index (χ0n) is 21.1. The van der Waals surface area contributed by atoms with E-state index in [2.05, 4.69) is 4.90 Å². The molecular formula is C29H31N3O4S. The summed E-state index contributed by atoms with van der Waals surface area (Å²) in [6, 6.07) is 18.8. The maximum absolute atomic E-state index is 14.2. The van der Waals surface area contributed by atoms with Crippen LogP contribution in [0.2, 0.25) is 0 Å². The van der Waals surface area contributed by atoms with Gasteiger partial charge in [0.15, 0.2) is 5.78 Å². The first-order chi connectivity index (χ1) is 18.0. The molecule has 2 amide bonds. The van der Waals surface area contributed by atoms with Gasteiger partial charge >= 0.3 is 0 Å². The van der Waals surface area contributed by atoms with E-state index in [-0.39, 0.29) is 23.6 Å². The molecule has 0 unspecified atom stereocenters. The zero-order chi connectivity index (χ0) is 25.9. The van der Waals surface area contributed by atoms with Crippen LogP contribution in [-0.4, -0.2) is 73.8 Å². The van der Waals surface area contributed by atoms with Crippen LogP contribution in [0.3, 0.4) is 0 Å². The largest absolute Gasteiger partial charge is 0.383 e. The second-order valence-corrected chi connectivity index (χ2v) is 10.4. The van der Waals surface area contributed by atoms with E-state index in [4.69, 9.17) is 4.74 Å². The molecule has 192 valence electrons. The molecule has 1 aromatic heterocycles. The normalized spacial score (nSPS) is 19.6. The Labute approximate surface area is 221 Å². The molecule has 5 rings (SSSR count). The minimum atomic E-state index is -0.481. The SMILES string of the molecule is COCCN1C(=O)c2ccccc2[C@H](C(=O)N2CCN(c3ccc(C(C)=O)cc3)CC2)[C@@H]1c1cccs1. The number of hydrogen-bond acceptors (Lipinski definition) is 6. The van der Waals surface area contributed by atoms with Crippen molar-refractivity contribution >= 4 is 34.6 Å². The van der Waals surface area contributed by atoms with Gasteiger partial charge in [0.1, 0.15) is 0 Å². The average Bonchev–Trinajstić information content (AvgIpc) is 3.47. The van der Waals surface area contributed by atoms with E-state index in [1.54, 1.807) is 25.4 Å². The number of methoxy groups -OCH3 is 1. The van der Waals surface area contributed by atoms with E-state index in [1.165, 1.54) is 0 Å². The summed E-state index contributed by atoms with van der Waals surface area (Å²) in [5.74, 6) is -0.444. The van der Waals surface area contributed by atoms with Crippen LogP contribution >= 0.6 is 11.3 Å². The molecule has 0 radical (unpaired) electrons. The number of piperazine rings is 1. The van der Waals surface area contributed by atoms with Gasteiger partial charge in [0.05, 0.1) is 18.6 Å². The second-order valence-electron chi connectivity index (χ2n) is 9.43. The van der Waals surface area contributed by atoms with Gasteiger partial charge in [0, 0.05) is 61.5 Å². The maximum atomic E-state index is 14.2. The van der Waals surface area contributed by atoms with Crippen molar-refractivity contribution in [2.75, 3.05) is 51.3 Å². The Kier molecular flexibility index (Phi) is 7.39. The summed E-state index contributed by atoms with van der Waals surface area (Å²) < 4.78 is 5.32. The number of rotatable bonds is 7. The Morgan fingerprint density at radius 3 is 2.35 bits per heavy atom. The quantitative estimate of drug-likeness (QED) is 0.439. The molecule has 0 aliphatic carbocycles. The number of ether oxygens (including phenoxy) is 1. The van der Waals surface area contributed by atoms with Crippen LogP contribution in [0.15, 0.2) is 66.0 Å². The van der Waals surface area contributed by atoms with E-state index < -0.39 is 5.92 Å². The Balaban J connectivity index is 1.41. The fourth-order valence-corrected chi connectivity index (χ4v) is 6.23. The maximum Gasteiger partial charge on any atom is 0.254 e. The number of Topliss-reactive ketones (excluding diaryl/α,β-unsaturated/α-hetero) is 1. The van der Waals surface area contributed by atoms with E-state index in [1.807, 2.05) is 75.8 Å². The number of benzene rings is 2. The van der Waals surface area contributed by atoms with Crippen molar-refractivity contribution in [2.24, 2.45) is 0 Å². The number of amides is 2. The van der Waals surface area contributed by atoms with Gasteiger partial charge < -0.3 is 19.4 Å². The van der Waals surface area contributed by atoms with Gasteiger partial charge in [-0.1, -0.05) is 24.3 Å². The van der Waals surface area contributed by atoms with Crippen LogP contribution in [0.4, 0.5) is 5.69 Å². The minimum Gasteiger partial charge on any atom is -0.383 e. The lowest BCUT2D eigenvalue weighted by atomic mass is 9.81. The van der Waals surface area contributed by atoms with Crippen LogP contribution < -0.4 is 4.90 Å². The standard InChI is InChI=1S/C29H31N3O4S/c1-20(33)21-9-11-22(12-10-21)30-13-15-31(16-14-30)29(35)26-23-6-3-4-7-24(23)28(34)32(17-18-36-2)27(26)25-8-5-19-37-25/h3-12,19,26-27H,13-18H2,1-2H3/t26-,27-/m0/s1. The number of carbonyl (C=O) groups excluding carboxylic acids is 3. The third-order valence-electron chi connectivity index (χ3n) is 7.31. The molecule has 1 fully saturated rings. The molecule has 2 aromatic carbocycles. The number of ketones is 1. The van der Waals surface area contributed by atoms with Gasteiger partial charge in [0.2, 0.25) is 5.91 Å². The van der Waals surface area contributed by atoms with Gasteiger partial charge in [0.25, 0.3) is 5.91 Å². The molecule has 0 spiro atoms. The topological polar surface area (TPSA) is 70.2 Å². The summed E-state index contributed by atoms with van der Waals surface area (Å²) in [6.45, 7) is 4.98. The van der Waals surface area contributed by atoms with Gasteiger partial charge in [-0.05, 0) is 54.3 Å². The van der Waals surface area contributed by atoms with Crippen LogP contribution in [0.5, 0.6) is 0 Å². The molecule has 2 aliphatic heterocycles. The fraction of sp³-hybridized carbons (Fsp3) is 0.345. The molecule has 3 aromatic rings. The molecule has 2 atom stereocenters. The predicted molar refractivity (Wildman–Crippen MR) is 144 cm³/mol. The van der Waals surface area contributed by atoms with Crippen molar-refractivity contribution in [1.29, 1.82) is 0 Å². The van der Waals surface area contributed by atoms with Crippen molar-refractivity contribution in [2.45, 2.75) is 18.9 Å². The van der Waals surface area contributed by atoms with E-state index in [0.717, 1.165) is 16.1 Å². The van der Waals surface area contributed by atoms with Crippen molar-refractivity contribution < 1.29 is 19.1 Å². The lowest BCUT2D eigenvalue weighted by molar-refractivity contribution is -0.135. The van der Waals surface area contributed by atoms with Crippen LogP contribution in [0.25, 0.3) is 0 Å². The Morgan fingerprint density at radius 2 is 1.70 bits per heavy atom. The summed E-state index contributed by atoms with van der Waals surface area (Å²) in [5.41, 5.74) is 3.13. The highest BCUT2D eigenvalue weighted by Gasteiger charge is 2.46. The molecule has 0 N–H and O–H groups in total. The monoisotopic (exact) mass is 517 g/mol. The van der Waals surface area contributed by atoms with E-state index in [0.29, 0.717) is 50.5 Å². The van der Waals surface area contributed by atoms with Crippen LogP contribution in [0.1, 0.15) is 50.0 Å². The molecular weight excluding hydrogens is 486 g/mol. The lowest BCUT2D eigenvalue weighted by Crippen LogP contribution is -2.53. The summed E-state index contributed by atoms with van der Waals surface area (Å²) >= 11 is 1.57. The molecule has 0 saturated carbocycles. The van der Waals surface area contributed by atoms with Crippen molar-refractivity contribution in [3.8, 4) is 0 Å². The molecule has 7 nitrogen and oxygen atoms in total. The summed E-state index contributed by atoms with van der Waals surface area (Å²) in [6.07, 6.45) is 0. The summed E-state index contributed by atoms with van der Waals surface area (Å²) in [4.78, 5) is 46.4. The molecule has 0 bridgehead atoms. The first-order valence-corrected chi connectivity index (χ1v) is 13.4. The van der Waals surface area contributed by atoms with Gasteiger partial charge in [-0.2, -0.15) is 0 Å². The Hall–Kier alpha value is -3.49. The molecule has 3 heterocycles. The third-order valence-corrected chi connectivity index (χ3v) is 8.25. The highest BCUT2D eigenvalue weighted by Crippen LogP contribution is 2.45. The fourth-order valence-electron chi connectivity index (χ4n) is 5.36. The Bertz CT molecular complexity index is 1270. The van der Waals surface area contributed by atoms with Gasteiger partial charge in [-0.3, -0.25) is 14.4 Å². The number of hydrogen-bond donors (Lipinski definition) is 0. The number of nitrogens with zero attached hydrogens (tertiary/aromatic N) is 3. The predicted octanol–water partition coefficient (Wildman–Crippen LogP) is 4.23. The summed E-state index contributed by atoms with van der Waals surface area (Å²) in [5, 5.41) is 1.99. The lowest BCUT2D eigenvalue weighted by Gasteiger charge is -2.44. The molecule has 8 heteroatoms. The van der Waals surface area contributed by atoms with E-state index in [9.17, 15) is 14.4 Å². The Morgan fingerprint density at radius 1 is 0.973 bits per heavy atom. The van der Waals surface area contributed by atoms with Crippen molar-refractivity contribution in [3.63, 3.8) is 0 Å². The minimum absolute atomic E-state index is 0.0485. The van der Waals surface area contributed by atoms with Gasteiger partial charge in [-0.25, -0.2) is 0 Å². The van der Waals surface area contributed by atoms with Crippen molar-refractivity contribution in [3.05, 3.63) is 87.6 Å². The smallest absolute Gasteiger partial charge is 0.254 e. The first kappa shape index (κ1) is 25.2. The number of thiophene rings is 1. The third kappa shape index (κ3) is 4.91. The van der Waals surface area contributed by atoms with Crippen LogP contribution in [-0.2, 0) is 9.53 Å². The highest BCUT2D eigenvalue weighted by atomic mass is 32.1. The van der Waals surface area contributed by atoms with Gasteiger partial charge in [-0.15, -0.1) is 11.3 Å². The molecule has 2 aliphatic rings. The molecule has 1 saturated heterocycles. The molecule has 37 heavy (non-hydrogen) atoms. The van der Waals surface area contributed by atoms with E-state index >= 15 is 0 Å². The highest BCUT2D eigenvalue weighted by molar-refractivity contribution is 7.10. The number of anilines is 1. The number of fused-ring (bicyclic) bond motifs is 1. The number of carbonyl (C=O) groups is 3. The first-order valence-electron chi connectivity index (χ1n) is 12.6. The summed E-state index contributed by atoms with van der Waals surface area (Å²) in [7, 11) is 1.62.